The predicted octanol–water partition coefficient (Wildman–Crippen LogP) is 4.10. The lowest BCUT2D eigenvalue weighted by atomic mass is 10.1. The molecule has 156 valence electrons. The average molecular weight is 432 g/mol. The molecule has 3 rings (SSSR count). The van der Waals surface area contributed by atoms with Crippen LogP contribution in [0.25, 0.3) is 0 Å². The van der Waals surface area contributed by atoms with Crippen LogP contribution in [0.1, 0.15) is 15.9 Å². The van der Waals surface area contributed by atoms with Crippen molar-refractivity contribution in [1.29, 1.82) is 0 Å². The molecule has 0 fully saturated rings. The highest BCUT2D eigenvalue weighted by molar-refractivity contribution is 7.92. The lowest BCUT2D eigenvalue weighted by Crippen LogP contribution is -2.20. The second-order valence-electron chi connectivity index (χ2n) is 6.56. The molecule has 0 amide bonds. The molecule has 0 unspecified atom stereocenters. The van der Waals surface area contributed by atoms with E-state index in [0.717, 1.165) is 17.7 Å². The highest BCUT2D eigenvalue weighted by Crippen LogP contribution is 2.27. The normalized spacial score (nSPS) is 11.2. The molecule has 6 nitrogen and oxygen atoms in total. The molecule has 0 aliphatic rings. The summed E-state index contributed by atoms with van der Waals surface area (Å²) in [5.74, 6) is -3.30. The fraction of sp³-hybridized carbons (Fsp3) is 0.0952. The Kier molecular flexibility index (Phi) is 6.02. The van der Waals surface area contributed by atoms with Gasteiger partial charge in [-0.3, -0.25) is 4.72 Å². The number of halogens is 2. The van der Waals surface area contributed by atoms with E-state index in [1.54, 1.807) is 11.9 Å². The standard InChI is InChI=1S/C21H18F2N2O4S/c1-25(13-14-5-3-2-4-6-14)19-10-8-16(12-17(19)21(26)27)24-30(28,29)20-11-15(22)7-9-18(20)23/h2-12,24H,13H2,1H3,(H,26,27). The minimum atomic E-state index is -4.46. The number of carboxylic acid groups (broad SMARTS) is 1. The van der Waals surface area contributed by atoms with Crippen molar-refractivity contribution in [3.05, 3.63) is 89.5 Å². The van der Waals surface area contributed by atoms with Crippen molar-refractivity contribution in [2.45, 2.75) is 11.4 Å². The maximum atomic E-state index is 13.9. The molecule has 0 heterocycles. The first kappa shape index (κ1) is 21.3. The van der Waals surface area contributed by atoms with Gasteiger partial charge in [0, 0.05) is 19.3 Å². The summed E-state index contributed by atoms with van der Waals surface area (Å²) >= 11 is 0. The Morgan fingerprint density at radius 1 is 1.03 bits per heavy atom. The Bertz CT molecular complexity index is 1180. The van der Waals surface area contributed by atoms with Crippen molar-refractivity contribution in [3.8, 4) is 0 Å². The largest absolute Gasteiger partial charge is 0.478 e. The van der Waals surface area contributed by atoms with Crippen molar-refractivity contribution in [2.24, 2.45) is 0 Å². The van der Waals surface area contributed by atoms with E-state index in [9.17, 15) is 27.1 Å². The maximum Gasteiger partial charge on any atom is 0.337 e. The molecule has 0 atom stereocenters. The van der Waals surface area contributed by atoms with Gasteiger partial charge in [0.1, 0.15) is 16.5 Å². The molecule has 0 aliphatic heterocycles. The van der Waals surface area contributed by atoms with Crippen LogP contribution in [0.3, 0.4) is 0 Å². The lowest BCUT2D eigenvalue weighted by Gasteiger charge is -2.22. The van der Waals surface area contributed by atoms with Crippen LogP contribution in [0.4, 0.5) is 20.2 Å². The number of rotatable bonds is 7. The topological polar surface area (TPSA) is 86.7 Å². The van der Waals surface area contributed by atoms with Crippen LogP contribution in [-0.4, -0.2) is 26.5 Å². The van der Waals surface area contributed by atoms with Crippen LogP contribution < -0.4 is 9.62 Å². The molecule has 0 bridgehead atoms. The summed E-state index contributed by atoms with van der Waals surface area (Å²) in [5.41, 5.74) is 1.09. The van der Waals surface area contributed by atoms with E-state index in [2.05, 4.69) is 4.72 Å². The van der Waals surface area contributed by atoms with Crippen molar-refractivity contribution in [3.63, 3.8) is 0 Å². The minimum absolute atomic E-state index is 0.0899. The van der Waals surface area contributed by atoms with Crippen LogP contribution in [0.5, 0.6) is 0 Å². The van der Waals surface area contributed by atoms with Gasteiger partial charge in [0.05, 0.1) is 11.3 Å². The highest BCUT2D eigenvalue weighted by atomic mass is 32.2. The SMILES string of the molecule is CN(Cc1ccccc1)c1ccc(NS(=O)(=O)c2cc(F)ccc2F)cc1C(=O)O. The van der Waals surface area contributed by atoms with E-state index in [1.807, 2.05) is 30.3 Å². The molecule has 0 spiro atoms. The summed E-state index contributed by atoms with van der Waals surface area (Å²) in [6.45, 7) is 0.431. The smallest absolute Gasteiger partial charge is 0.337 e. The van der Waals surface area contributed by atoms with Crippen molar-refractivity contribution in [1.82, 2.24) is 0 Å². The van der Waals surface area contributed by atoms with Crippen molar-refractivity contribution >= 4 is 27.4 Å². The summed E-state index contributed by atoms with van der Waals surface area (Å²) < 4.78 is 54.2. The van der Waals surface area contributed by atoms with Gasteiger partial charge >= 0.3 is 5.97 Å². The summed E-state index contributed by atoms with van der Waals surface area (Å²) in [6, 6.07) is 15.4. The van der Waals surface area contributed by atoms with E-state index >= 15 is 0 Å². The number of benzene rings is 3. The number of nitrogens with one attached hydrogen (secondary N) is 1. The van der Waals surface area contributed by atoms with Gasteiger partial charge in [-0.1, -0.05) is 30.3 Å². The quantitative estimate of drug-likeness (QED) is 0.587. The molecule has 0 aliphatic carbocycles. The van der Waals surface area contributed by atoms with Gasteiger partial charge in [0.15, 0.2) is 0 Å². The van der Waals surface area contributed by atoms with E-state index in [-0.39, 0.29) is 11.3 Å². The number of nitrogens with zero attached hydrogens (tertiary/aromatic N) is 1. The van der Waals surface area contributed by atoms with Gasteiger partial charge in [0.25, 0.3) is 10.0 Å². The van der Waals surface area contributed by atoms with E-state index in [0.29, 0.717) is 24.4 Å². The summed E-state index contributed by atoms with van der Waals surface area (Å²) in [7, 11) is -2.75. The number of sulfonamides is 1. The first-order valence-electron chi connectivity index (χ1n) is 8.77. The van der Waals surface area contributed by atoms with E-state index < -0.39 is 32.5 Å². The first-order valence-corrected chi connectivity index (χ1v) is 10.3. The zero-order valence-electron chi connectivity index (χ0n) is 15.8. The lowest BCUT2D eigenvalue weighted by molar-refractivity contribution is 0.0697. The number of carboxylic acids is 1. The first-order chi connectivity index (χ1) is 14.2. The molecule has 30 heavy (non-hydrogen) atoms. The molecule has 0 aromatic heterocycles. The number of carbonyl (C=O) groups is 1. The van der Waals surface area contributed by atoms with E-state index in [1.165, 1.54) is 12.1 Å². The third-order valence-corrected chi connectivity index (χ3v) is 5.73. The van der Waals surface area contributed by atoms with Gasteiger partial charge in [-0.2, -0.15) is 0 Å². The number of hydrogen-bond acceptors (Lipinski definition) is 4. The molecule has 3 aromatic rings. The van der Waals surface area contributed by atoms with Crippen LogP contribution in [0, 0.1) is 11.6 Å². The number of aromatic carboxylic acids is 1. The van der Waals surface area contributed by atoms with Crippen LogP contribution in [-0.2, 0) is 16.6 Å². The maximum absolute atomic E-state index is 13.9. The molecular formula is C21H18F2N2O4S. The third kappa shape index (κ3) is 4.74. The van der Waals surface area contributed by atoms with Gasteiger partial charge in [-0.15, -0.1) is 0 Å². The highest BCUT2D eigenvalue weighted by Gasteiger charge is 2.22. The van der Waals surface area contributed by atoms with Gasteiger partial charge in [-0.25, -0.2) is 22.0 Å². The number of anilines is 2. The fourth-order valence-corrected chi connectivity index (χ4v) is 4.08. The molecule has 0 saturated heterocycles. The summed E-state index contributed by atoms with van der Waals surface area (Å²) in [4.78, 5) is 12.6. The predicted molar refractivity (Wildman–Crippen MR) is 109 cm³/mol. The average Bonchev–Trinajstić information content (AvgIpc) is 2.70. The molecule has 0 saturated carbocycles. The molecular weight excluding hydrogens is 414 g/mol. The zero-order chi connectivity index (χ0) is 21.9. The van der Waals surface area contributed by atoms with Crippen LogP contribution >= 0.6 is 0 Å². The monoisotopic (exact) mass is 432 g/mol. The second-order valence-corrected chi connectivity index (χ2v) is 8.21. The van der Waals surface area contributed by atoms with Gasteiger partial charge < -0.3 is 10.0 Å². The molecule has 0 radical (unpaired) electrons. The molecule has 3 aromatic carbocycles. The van der Waals surface area contributed by atoms with Crippen LogP contribution in [0.2, 0.25) is 0 Å². The summed E-state index contributed by atoms with van der Waals surface area (Å²) in [5, 5.41) is 9.59. The Labute approximate surface area is 172 Å². The number of hydrogen-bond donors (Lipinski definition) is 2. The van der Waals surface area contributed by atoms with Crippen molar-refractivity contribution in [2.75, 3.05) is 16.7 Å². The molecule has 2 N–H and O–H groups in total. The Balaban J connectivity index is 1.91. The summed E-state index contributed by atoms with van der Waals surface area (Å²) in [6.07, 6.45) is 0. The Morgan fingerprint density at radius 2 is 1.73 bits per heavy atom. The fourth-order valence-electron chi connectivity index (χ4n) is 2.94. The van der Waals surface area contributed by atoms with Gasteiger partial charge in [0.2, 0.25) is 0 Å². The molecule has 9 heteroatoms. The Hall–Kier alpha value is -3.46. The van der Waals surface area contributed by atoms with Crippen LogP contribution in [0.15, 0.2) is 71.6 Å². The third-order valence-electron chi connectivity index (χ3n) is 4.34. The second kappa shape index (κ2) is 8.50. The van der Waals surface area contributed by atoms with Gasteiger partial charge in [-0.05, 0) is 42.0 Å². The zero-order valence-corrected chi connectivity index (χ0v) is 16.7. The van der Waals surface area contributed by atoms with Crippen molar-refractivity contribution < 1.29 is 27.1 Å². The minimum Gasteiger partial charge on any atom is -0.478 e. The Morgan fingerprint density at radius 3 is 2.40 bits per heavy atom. The van der Waals surface area contributed by atoms with E-state index in [4.69, 9.17) is 0 Å².